The minimum Gasteiger partial charge on any atom is -0.375 e. The molecule has 0 bridgehead atoms. The SMILES string of the molecule is CC1(C)CC(=O)C2C(=Nc3cc(C(=O)c4ccccc4)ccc3NC2c2cccnc2)C1. The molecule has 0 saturated heterocycles. The first-order chi connectivity index (χ1) is 15.4. The predicted molar refractivity (Wildman–Crippen MR) is 126 cm³/mol. The minimum atomic E-state index is -0.354. The number of benzene rings is 2. The van der Waals surface area contributed by atoms with Crippen LogP contribution in [0.5, 0.6) is 0 Å². The molecule has 1 aromatic heterocycles. The monoisotopic (exact) mass is 423 g/mol. The second-order valence-electron chi connectivity index (χ2n) is 9.40. The maximum atomic E-state index is 13.3. The van der Waals surface area contributed by atoms with E-state index in [1.54, 1.807) is 12.4 Å². The van der Waals surface area contributed by atoms with Crippen LogP contribution in [0, 0.1) is 11.3 Å². The number of carbonyl (C=O) groups is 2. The van der Waals surface area contributed by atoms with Crippen molar-refractivity contribution in [3.8, 4) is 0 Å². The Kier molecular flexibility index (Phi) is 4.97. The Hall–Kier alpha value is -3.60. The Morgan fingerprint density at radius 2 is 1.81 bits per heavy atom. The van der Waals surface area contributed by atoms with E-state index >= 15 is 0 Å². The maximum absolute atomic E-state index is 13.3. The number of hydrogen-bond donors (Lipinski definition) is 1. The molecular weight excluding hydrogens is 398 g/mol. The second-order valence-corrected chi connectivity index (χ2v) is 9.40. The molecule has 1 fully saturated rings. The van der Waals surface area contributed by atoms with Gasteiger partial charge in [0, 0.05) is 35.7 Å². The molecule has 0 spiro atoms. The molecular formula is C27H25N3O2. The molecule has 160 valence electrons. The maximum Gasteiger partial charge on any atom is 0.193 e. The van der Waals surface area contributed by atoms with Gasteiger partial charge in [-0.25, -0.2) is 0 Å². The van der Waals surface area contributed by atoms with E-state index in [4.69, 9.17) is 4.99 Å². The Morgan fingerprint density at radius 3 is 2.56 bits per heavy atom. The van der Waals surface area contributed by atoms with E-state index in [9.17, 15) is 9.59 Å². The summed E-state index contributed by atoms with van der Waals surface area (Å²) in [6.07, 6.45) is 4.79. The molecule has 32 heavy (non-hydrogen) atoms. The summed E-state index contributed by atoms with van der Waals surface area (Å²) in [5.41, 5.74) is 4.42. The zero-order chi connectivity index (χ0) is 22.3. The van der Waals surface area contributed by atoms with Gasteiger partial charge in [-0.3, -0.25) is 19.6 Å². The van der Waals surface area contributed by atoms with Gasteiger partial charge in [-0.05, 0) is 41.7 Å². The minimum absolute atomic E-state index is 0.0433. The number of nitrogens with one attached hydrogen (secondary N) is 1. The van der Waals surface area contributed by atoms with Crippen molar-refractivity contribution in [2.24, 2.45) is 16.3 Å². The quantitative estimate of drug-likeness (QED) is 0.560. The van der Waals surface area contributed by atoms with E-state index in [-0.39, 0.29) is 28.9 Å². The summed E-state index contributed by atoms with van der Waals surface area (Å²) in [4.78, 5) is 35.6. The number of ketones is 2. The molecule has 2 aliphatic rings. The number of aliphatic imine (C=N–C) groups is 1. The van der Waals surface area contributed by atoms with E-state index in [0.29, 0.717) is 23.2 Å². The van der Waals surface area contributed by atoms with Gasteiger partial charge < -0.3 is 5.32 Å². The van der Waals surface area contributed by atoms with Gasteiger partial charge in [0.05, 0.1) is 23.3 Å². The van der Waals surface area contributed by atoms with Crippen LogP contribution in [0.3, 0.4) is 0 Å². The van der Waals surface area contributed by atoms with E-state index in [1.807, 2.05) is 60.7 Å². The van der Waals surface area contributed by atoms with Crippen LogP contribution in [0.25, 0.3) is 0 Å². The normalized spacial score (nSPS) is 21.4. The van der Waals surface area contributed by atoms with Gasteiger partial charge in [-0.1, -0.05) is 50.2 Å². The third-order valence-corrected chi connectivity index (χ3v) is 6.27. The van der Waals surface area contributed by atoms with Crippen LogP contribution in [0.15, 0.2) is 78.0 Å². The molecule has 2 aromatic carbocycles. The lowest BCUT2D eigenvalue weighted by molar-refractivity contribution is -0.124. The molecule has 0 radical (unpaired) electrons. The molecule has 1 N–H and O–H groups in total. The third-order valence-electron chi connectivity index (χ3n) is 6.27. The Morgan fingerprint density at radius 1 is 1.00 bits per heavy atom. The fraction of sp³-hybridized carbons (Fsp3) is 0.259. The fourth-order valence-electron chi connectivity index (χ4n) is 4.80. The number of nitrogens with zero attached hydrogens (tertiary/aromatic N) is 2. The fourth-order valence-corrected chi connectivity index (χ4v) is 4.80. The highest BCUT2D eigenvalue weighted by Crippen LogP contribution is 2.45. The molecule has 5 rings (SSSR count). The number of hydrogen-bond acceptors (Lipinski definition) is 5. The first-order valence-corrected chi connectivity index (χ1v) is 10.9. The Labute approximate surface area is 187 Å². The van der Waals surface area contributed by atoms with Gasteiger partial charge >= 0.3 is 0 Å². The van der Waals surface area contributed by atoms with Crippen LogP contribution < -0.4 is 5.32 Å². The highest BCUT2D eigenvalue weighted by molar-refractivity contribution is 6.12. The third kappa shape index (κ3) is 3.75. The lowest BCUT2D eigenvalue weighted by Gasteiger charge is -2.37. The average Bonchev–Trinajstić information content (AvgIpc) is 2.95. The van der Waals surface area contributed by atoms with Crippen LogP contribution >= 0.6 is 0 Å². The smallest absolute Gasteiger partial charge is 0.193 e. The van der Waals surface area contributed by atoms with Gasteiger partial charge in [-0.15, -0.1) is 0 Å². The van der Waals surface area contributed by atoms with Crippen LogP contribution in [0.4, 0.5) is 11.4 Å². The Balaban J connectivity index is 1.62. The van der Waals surface area contributed by atoms with Gasteiger partial charge in [-0.2, -0.15) is 0 Å². The number of rotatable bonds is 3. The number of fused-ring (bicyclic) bond motifs is 2. The molecule has 2 atom stereocenters. The van der Waals surface area contributed by atoms with Crippen molar-refractivity contribution in [1.29, 1.82) is 0 Å². The summed E-state index contributed by atoms with van der Waals surface area (Å²) in [7, 11) is 0. The van der Waals surface area contributed by atoms with Crippen LogP contribution in [-0.4, -0.2) is 22.3 Å². The first kappa shape index (κ1) is 20.3. The lowest BCUT2D eigenvalue weighted by Crippen LogP contribution is -2.42. The summed E-state index contributed by atoms with van der Waals surface area (Å²) in [6.45, 7) is 4.22. The molecule has 1 aliphatic heterocycles. The first-order valence-electron chi connectivity index (χ1n) is 10.9. The molecule has 1 saturated carbocycles. The van der Waals surface area contributed by atoms with Crippen molar-refractivity contribution in [2.75, 3.05) is 5.32 Å². The standard InChI is InChI=1S/C27H25N3O2/c1-27(2)14-22-24(23(31)15-27)25(19-9-6-12-28-16-19)30-20-11-10-18(13-21(20)29-22)26(32)17-7-4-3-5-8-17/h3-13,16,24-25,30H,14-15H2,1-2H3. The van der Waals surface area contributed by atoms with Crippen molar-refractivity contribution >= 4 is 28.7 Å². The molecule has 2 unspecified atom stereocenters. The number of anilines is 1. The van der Waals surface area contributed by atoms with Crippen molar-refractivity contribution in [3.05, 3.63) is 89.7 Å². The second kappa shape index (κ2) is 7.83. The van der Waals surface area contributed by atoms with Crippen LogP contribution in [0.2, 0.25) is 0 Å². The highest BCUT2D eigenvalue weighted by Gasteiger charge is 2.44. The zero-order valence-electron chi connectivity index (χ0n) is 18.2. The van der Waals surface area contributed by atoms with Crippen molar-refractivity contribution < 1.29 is 9.59 Å². The Bertz CT molecular complexity index is 1220. The molecule has 1 aliphatic carbocycles. The molecule has 0 amide bonds. The summed E-state index contributed by atoms with van der Waals surface area (Å²) >= 11 is 0. The molecule has 2 heterocycles. The largest absolute Gasteiger partial charge is 0.375 e. The number of carbonyl (C=O) groups excluding carboxylic acids is 2. The molecule has 5 nitrogen and oxygen atoms in total. The number of Topliss-reactive ketones (excluding diaryl/α,β-unsaturated/α-hetero) is 1. The van der Waals surface area contributed by atoms with E-state index in [0.717, 1.165) is 23.4 Å². The van der Waals surface area contributed by atoms with Crippen molar-refractivity contribution in [1.82, 2.24) is 4.98 Å². The number of aromatic nitrogens is 1. The van der Waals surface area contributed by atoms with Gasteiger partial charge in [0.25, 0.3) is 0 Å². The van der Waals surface area contributed by atoms with E-state index < -0.39 is 0 Å². The lowest BCUT2D eigenvalue weighted by atomic mass is 9.68. The molecule has 3 aromatic rings. The summed E-state index contributed by atoms with van der Waals surface area (Å²) < 4.78 is 0. The summed E-state index contributed by atoms with van der Waals surface area (Å²) in [5, 5.41) is 3.55. The van der Waals surface area contributed by atoms with Gasteiger partial charge in [0.15, 0.2) is 5.78 Å². The van der Waals surface area contributed by atoms with Gasteiger partial charge in [0.1, 0.15) is 5.78 Å². The topological polar surface area (TPSA) is 71.4 Å². The van der Waals surface area contributed by atoms with Crippen LogP contribution in [-0.2, 0) is 4.79 Å². The highest BCUT2D eigenvalue weighted by atomic mass is 16.1. The average molecular weight is 424 g/mol. The van der Waals surface area contributed by atoms with Crippen molar-refractivity contribution in [3.63, 3.8) is 0 Å². The van der Waals surface area contributed by atoms with Crippen molar-refractivity contribution in [2.45, 2.75) is 32.7 Å². The summed E-state index contributed by atoms with van der Waals surface area (Å²) in [6, 6.07) is 18.4. The van der Waals surface area contributed by atoms with Gasteiger partial charge in [0.2, 0.25) is 0 Å². The van der Waals surface area contributed by atoms with Crippen LogP contribution in [0.1, 0.15) is 54.2 Å². The predicted octanol–water partition coefficient (Wildman–Crippen LogP) is 5.56. The van der Waals surface area contributed by atoms with E-state index in [2.05, 4.69) is 24.1 Å². The number of pyridine rings is 1. The molecule has 5 heteroatoms. The summed E-state index contributed by atoms with van der Waals surface area (Å²) in [5.74, 6) is -0.207. The zero-order valence-corrected chi connectivity index (χ0v) is 18.2. The van der Waals surface area contributed by atoms with E-state index in [1.165, 1.54) is 0 Å².